The first kappa shape index (κ1) is 13.4. The van der Waals surface area contributed by atoms with Crippen molar-refractivity contribution in [2.75, 3.05) is 19.6 Å². The molecule has 1 aliphatic rings. The van der Waals surface area contributed by atoms with Crippen LogP contribution in [0.25, 0.3) is 0 Å². The molecule has 0 aromatic carbocycles. The Morgan fingerprint density at radius 1 is 1.69 bits per heavy atom. The standard InChI is InChI=1S/C11H22N2O3/c1-8-5-13(6-10(2,3)16-8)7-11(4,12)9(14)15/h8H,5-7,12H2,1-4H3,(H,14,15). The molecular formula is C11H22N2O3. The van der Waals surface area contributed by atoms with E-state index in [1.165, 1.54) is 0 Å². The maximum atomic E-state index is 11.0. The number of carboxylic acids is 1. The number of rotatable bonds is 3. The van der Waals surface area contributed by atoms with Crippen LogP contribution in [0.5, 0.6) is 0 Å². The summed E-state index contributed by atoms with van der Waals surface area (Å²) in [6.45, 7) is 9.32. The van der Waals surface area contributed by atoms with Crippen molar-refractivity contribution in [3.05, 3.63) is 0 Å². The summed E-state index contributed by atoms with van der Waals surface area (Å²) < 4.78 is 5.75. The first-order valence-electron chi connectivity index (χ1n) is 5.55. The fourth-order valence-electron chi connectivity index (χ4n) is 2.24. The molecule has 1 heterocycles. The zero-order valence-electron chi connectivity index (χ0n) is 10.5. The molecule has 1 aliphatic heterocycles. The van der Waals surface area contributed by atoms with Gasteiger partial charge in [-0.1, -0.05) is 0 Å². The van der Waals surface area contributed by atoms with Crippen LogP contribution >= 0.6 is 0 Å². The Morgan fingerprint density at radius 2 is 2.25 bits per heavy atom. The summed E-state index contributed by atoms with van der Waals surface area (Å²) >= 11 is 0. The van der Waals surface area contributed by atoms with Crippen LogP contribution in [0.3, 0.4) is 0 Å². The van der Waals surface area contributed by atoms with Gasteiger partial charge in [0.2, 0.25) is 0 Å². The van der Waals surface area contributed by atoms with Gasteiger partial charge < -0.3 is 15.6 Å². The minimum absolute atomic E-state index is 0.105. The summed E-state index contributed by atoms with van der Waals surface area (Å²) in [4.78, 5) is 13.0. The molecule has 1 saturated heterocycles. The second-order valence-electron chi connectivity index (χ2n) is 5.58. The van der Waals surface area contributed by atoms with Gasteiger partial charge in [0.15, 0.2) is 0 Å². The highest BCUT2D eigenvalue weighted by Gasteiger charge is 2.36. The third kappa shape index (κ3) is 3.43. The van der Waals surface area contributed by atoms with Crippen molar-refractivity contribution < 1.29 is 14.6 Å². The van der Waals surface area contributed by atoms with Gasteiger partial charge >= 0.3 is 5.97 Å². The fraction of sp³-hybridized carbons (Fsp3) is 0.909. The molecule has 0 aliphatic carbocycles. The van der Waals surface area contributed by atoms with Gasteiger partial charge in [0, 0.05) is 19.6 Å². The first-order chi connectivity index (χ1) is 7.12. The molecule has 0 spiro atoms. The molecule has 0 saturated carbocycles. The monoisotopic (exact) mass is 230 g/mol. The average Bonchev–Trinajstić information content (AvgIpc) is 1.97. The van der Waals surface area contributed by atoms with E-state index in [1.807, 2.05) is 20.8 Å². The topological polar surface area (TPSA) is 75.8 Å². The zero-order chi connectivity index (χ0) is 12.6. The Balaban J connectivity index is 2.64. The Bertz CT molecular complexity index is 276. The van der Waals surface area contributed by atoms with E-state index in [1.54, 1.807) is 6.92 Å². The van der Waals surface area contributed by atoms with Crippen molar-refractivity contribution in [3.8, 4) is 0 Å². The van der Waals surface area contributed by atoms with E-state index < -0.39 is 11.5 Å². The summed E-state index contributed by atoms with van der Waals surface area (Å²) in [5, 5.41) is 8.98. The molecule has 0 bridgehead atoms. The number of carbonyl (C=O) groups is 1. The van der Waals surface area contributed by atoms with Crippen LogP contribution in [0.4, 0.5) is 0 Å². The summed E-state index contributed by atoms with van der Waals surface area (Å²) in [7, 11) is 0. The summed E-state index contributed by atoms with van der Waals surface area (Å²) in [5.74, 6) is -0.968. The molecule has 3 N–H and O–H groups in total. The van der Waals surface area contributed by atoms with Crippen molar-refractivity contribution >= 4 is 5.97 Å². The molecule has 0 radical (unpaired) electrons. The normalized spacial score (nSPS) is 29.7. The average molecular weight is 230 g/mol. The molecule has 0 aromatic rings. The van der Waals surface area contributed by atoms with Gasteiger partial charge in [0.1, 0.15) is 5.54 Å². The molecule has 5 nitrogen and oxygen atoms in total. The molecule has 5 heteroatoms. The molecule has 2 atom stereocenters. The van der Waals surface area contributed by atoms with E-state index in [-0.39, 0.29) is 11.7 Å². The van der Waals surface area contributed by atoms with Crippen LogP contribution in [0, 0.1) is 0 Å². The summed E-state index contributed by atoms with van der Waals surface area (Å²) in [5.41, 5.74) is 4.30. The van der Waals surface area contributed by atoms with Crippen LogP contribution in [0.15, 0.2) is 0 Å². The van der Waals surface area contributed by atoms with E-state index in [0.29, 0.717) is 13.1 Å². The Kier molecular flexibility index (Phi) is 3.62. The molecule has 2 unspecified atom stereocenters. The number of nitrogens with zero attached hydrogens (tertiary/aromatic N) is 1. The lowest BCUT2D eigenvalue weighted by molar-refractivity contribution is -0.150. The summed E-state index contributed by atoms with van der Waals surface area (Å²) in [6, 6.07) is 0. The maximum absolute atomic E-state index is 11.0. The highest BCUT2D eigenvalue weighted by atomic mass is 16.5. The lowest BCUT2D eigenvalue weighted by Gasteiger charge is -2.43. The number of aliphatic carboxylic acids is 1. The number of nitrogens with two attached hydrogens (primary N) is 1. The quantitative estimate of drug-likeness (QED) is 0.728. The van der Waals surface area contributed by atoms with Crippen LogP contribution < -0.4 is 5.73 Å². The van der Waals surface area contributed by atoms with E-state index in [2.05, 4.69) is 4.90 Å². The molecule has 94 valence electrons. The molecule has 1 fully saturated rings. The third-order valence-electron chi connectivity index (χ3n) is 2.68. The number of hydrogen-bond acceptors (Lipinski definition) is 4. The molecule has 0 aromatic heterocycles. The first-order valence-corrected chi connectivity index (χ1v) is 5.55. The predicted molar refractivity (Wildman–Crippen MR) is 61.3 cm³/mol. The van der Waals surface area contributed by atoms with Gasteiger partial charge in [-0.2, -0.15) is 0 Å². The highest BCUT2D eigenvalue weighted by Crippen LogP contribution is 2.21. The van der Waals surface area contributed by atoms with Gasteiger partial charge in [-0.25, -0.2) is 0 Å². The van der Waals surface area contributed by atoms with Crippen molar-refractivity contribution in [2.24, 2.45) is 5.73 Å². The highest BCUT2D eigenvalue weighted by molar-refractivity contribution is 5.78. The Morgan fingerprint density at radius 3 is 2.69 bits per heavy atom. The van der Waals surface area contributed by atoms with Gasteiger partial charge in [0.05, 0.1) is 11.7 Å². The van der Waals surface area contributed by atoms with Crippen LogP contribution in [0.2, 0.25) is 0 Å². The zero-order valence-corrected chi connectivity index (χ0v) is 10.5. The number of carboxylic acid groups (broad SMARTS) is 1. The third-order valence-corrected chi connectivity index (χ3v) is 2.68. The largest absolute Gasteiger partial charge is 0.480 e. The number of morpholine rings is 1. The molecule has 0 amide bonds. The SMILES string of the molecule is CC1CN(CC(C)(N)C(=O)O)CC(C)(C)O1. The fourth-order valence-corrected chi connectivity index (χ4v) is 2.24. The van der Waals surface area contributed by atoms with Gasteiger partial charge in [0.25, 0.3) is 0 Å². The van der Waals surface area contributed by atoms with Crippen molar-refractivity contribution in [2.45, 2.75) is 44.9 Å². The second-order valence-corrected chi connectivity index (χ2v) is 5.58. The molecular weight excluding hydrogens is 208 g/mol. The smallest absolute Gasteiger partial charge is 0.324 e. The van der Waals surface area contributed by atoms with Gasteiger partial charge in [-0.05, 0) is 27.7 Å². The van der Waals surface area contributed by atoms with E-state index in [0.717, 1.165) is 6.54 Å². The van der Waals surface area contributed by atoms with Gasteiger partial charge in [-0.15, -0.1) is 0 Å². The Labute approximate surface area is 96.6 Å². The van der Waals surface area contributed by atoms with E-state index in [9.17, 15) is 4.79 Å². The number of ether oxygens (including phenoxy) is 1. The van der Waals surface area contributed by atoms with Crippen LogP contribution in [-0.2, 0) is 9.53 Å². The van der Waals surface area contributed by atoms with Crippen LogP contribution in [0.1, 0.15) is 27.7 Å². The van der Waals surface area contributed by atoms with Crippen molar-refractivity contribution in [1.29, 1.82) is 0 Å². The second kappa shape index (κ2) is 4.31. The maximum Gasteiger partial charge on any atom is 0.324 e. The minimum Gasteiger partial charge on any atom is -0.480 e. The minimum atomic E-state index is -1.20. The van der Waals surface area contributed by atoms with E-state index in [4.69, 9.17) is 15.6 Å². The molecule has 16 heavy (non-hydrogen) atoms. The number of hydrogen-bond donors (Lipinski definition) is 2. The van der Waals surface area contributed by atoms with Crippen LogP contribution in [-0.4, -0.2) is 52.9 Å². The molecule has 1 rings (SSSR count). The van der Waals surface area contributed by atoms with E-state index >= 15 is 0 Å². The Hall–Kier alpha value is -0.650. The lowest BCUT2D eigenvalue weighted by atomic mass is 10.00. The predicted octanol–water partition coefficient (Wildman–Crippen LogP) is 0.288. The van der Waals surface area contributed by atoms with Crippen molar-refractivity contribution in [1.82, 2.24) is 4.90 Å². The van der Waals surface area contributed by atoms with Crippen molar-refractivity contribution in [3.63, 3.8) is 0 Å². The summed E-state index contributed by atoms with van der Waals surface area (Å²) in [6.07, 6.45) is 0.105. The lowest BCUT2D eigenvalue weighted by Crippen LogP contribution is -2.60. The van der Waals surface area contributed by atoms with Gasteiger partial charge in [-0.3, -0.25) is 9.69 Å².